The van der Waals surface area contributed by atoms with Crippen molar-refractivity contribution in [2.24, 2.45) is 5.92 Å². The van der Waals surface area contributed by atoms with Crippen LogP contribution in [0.4, 0.5) is 10.2 Å². The van der Waals surface area contributed by atoms with E-state index in [2.05, 4.69) is 4.90 Å². The van der Waals surface area contributed by atoms with E-state index in [9.17, 15) is 24.2 Å². The fraction of sp³-hybridized carbons (Fsp3) is 0.423. The first kappa shape index (κ1) is 24.8. The SMILES string of the molecule is CC(C)C(CO)n1cc(C(=O)O)c(=O)c2cc(CCc3ccc(F)cc3)c(N3CCOCC3)nc21. The molecular formula is C26H30FN3O5. The number of carboxylic acid groups (broad SMARTS) is 1. The number of aliphatic hydroxyl groups excluding tert-OH is 1. The molecule has 1 saturated heterocycles. The van der Waals surface area contributed by atoms with Crippen LogP contribution in [0.5, 0.6) is 0 Å². The second-order valence-corrected chi connectivity index (χ2v) is 9.15. The first-order valence-electron chi connectivity index (χ1n) is 11.8. The lowest BCUT2D eigenvalue weighted by Gasteiger charge is -2.31. The van der Waals surface area contributed by atoms with Crippen molar-refractivity contribution >= 4 is 22.8 Å². The number of hydrogen-bond donors (Lipinski definition) is 2. The van der Waals surface area contributed by atoms with Gasteiger partial charge in [0.2, 0.25) is 5.43 Å². The monoisotopic (exact) mass is 483 g/mol. The van der Waals surface area contributed by atoms with Gasteiger partial charge in [-0.05, 0) is 48.1 Å². The minimum atomic E-state index is -1.32. The second-order valence-electron chi connectivity index (χ2n) is 9.15. The van der Waals surface area contributed by atoms with Crippen LogP contribution in [-0.2, 0) is 17.6 Å². The van der Waals surface area contributed by atoms with Crippen LogP contribution in [0.1, 0.15) is 41.4 Å². The van der Waals surface area contributed by atoms with Crippen molar-refractivity contribution in [3.8, 4) is 0 Å². The zero-order valence-electron chi connectivity index (χ0n) is 19.9. The molecule has 1 atom stereocenters. The third-order valence-electron chi connectivity index (χ3n) is 6.51. The van der Waals surface area contributed by atoms with E-state index in [4.69, 9.17) is 9.72 Å². The van der Waals surface area contributed by atoms with Gasteiger partial charge in [0.1, 0.15) is 22.8 Å². The second kappa shape index (κ2) is 10.5. The van der Waals surface area contributed by atoms with Gasteiger partial charge < -0.3 is 24.4 Å². The Morgan fingerprint density at radius 2 is 1.86 bits per heavy atom. The van der Waals surface area contributed by atoms with E-state index in [0.717, 1.165) is 11.1 Å². The Hall–Kier alpha value is -3.30. The Labute approximate surface area is 202 Å². The predicted octanol–water partition coefficient (Wildman–Crippen LogP) is 3.05. The molecule has 8 nitrogen and oxygen atoms in total. The number of aromatic nitrogens is 2. The van der Waals surface area contributed by atoms with Crippen molar-refractivity contribution in [1.82, 2.24) is 9.55 Å². The average Bonchev–Trinajstić information content (AvgIpc) is 2.85. The van der Waals surface area contributed by atoms with Crippen LogP contribution in [0, 0.1) is 11.7 Å². The zero-order valence-corrected chi connectivity index (χ0v) is 19.9. The fourth-order valence-corrected chi connectivity index (χ4v) is 4.49. The lowest BCUT2D eigenvalue weighted by atomic mass is 10.0. The lowest BCUT2D eigenvalue weighted by Crippen LogP contribution is -2.37. The van der Waals surface area contributed by atoms with Gasteiger partial charge in [0, 0.05) is 19.3 Å². The quantitative estimate of drug-likeness (QED) is 0.507. The van der Waals surface area contributed by atoms with Gasteiger partial charge in [-0.1, -0.05) is 26.0 Å². The number of benzene rings is 1. The van der Waals surface area contributed by atoms with Crippen molar-refractivity contribution in [2.75, 3.05) is 37.8 Å². The van der Waals surface area contributed by atoms with E-state index in [1.165, 1.54) is 18.3 Å². The van der Waals surface area contributed by atoms with Crippen molar-refractivity contribution in [3.05, 3.63) is 69.3 Å². The molecule has 1 fully saturated rings. The van der Waals surface area contributed by atoms with E-state index < -0.39 is 17.4 Å². The highest BCUT2D eigenvalue weighted by molar-refractivity contribution is 5.92. The number of aliphatic hydroxyl groups is 1. The number of ether oxygens (including phenoxy) is 1. The number of halogens is 1. The highest BCUT2D eigenvalue weighted by atomic mass is 19.1. The Morgan fingerprint density at radius 1 is 1.17 bits per heavy atom. The summed E-state index contributed by atoms with van der Waals surface area (Å²) >= 11 is 0. The van der Waals surface area contributed by atoms with Crippen LogP contribution < -0.4 is 10.3 Å². The fourth-order valence-electron chi connectivity index (χ4n) is 4.49. The Morgan fingerprint density at radius 3 is 2.46 bits per heavy atom. The van der Waals surface area contributed by atoms with E-state index in [1.54, 1.807) is 22.8 Å². The first-order valence-corrected chi connectivity index (χ1v) is 11.8. The maximum Gasteiger partial charge on any atom is 0.341 e. The van der Waals surface area contributed by atoms with Crippen LogP contribution in [0.25, 0.3) is 11.0 Å². The summed E-state index contributed by atoms with van der Waals surface area (Å²) in [6.45, 7) is 5.98. The summed E-state index contributed by atoms with van der Waals surface area (Å²) in [6, 6.07) is 7.55. The predicted molar refractivity (Wildman–Crippen MR) is 131 cm³/mol. The number of hydrogen-bond acceptors (Lipinski definition) is 6. The molecule has 9 heteroatoms. The molecule has 1 aliphatic heterocycles. The number of nitrogens with zero attached hydrogens (tertiary/aromatic N) is 3. The number of aromatic carboxylic acids is 1. The van der Waals surface area contributed by atoms with Gasteiger partial charge in [0.25, 0.3) is 0 Å². The van der Waals surface area contributed by atoms with Gasteiger partial charge in [-0.15, -0.1) is 0 Å². The summed E-state index contributed by atoms with van der Waals surface area (Å²) in [5, 5.41) is 20.0. The van der Waals surface area contributed by atoms with Gasteiger partial charge >= 0.3 is 5.97 Å². The van der Waals surface area contributed by atoms with Crippen LogP contribution in [0.15, 0.2) is 41.3 Å². The topological polar surface area (TPSA) is 105 Å². The molecule has 3 heterocycles. The normalized spacial score (nSPS) is 15.1. The van der Waals surface area contributed by atoms with Gasteiger partial charge in [-0.3, -0.25) is 4.79 Å². The third kappa shape index (κ3) is 5.21. The maximum atomic E-state index is 13.3. The van der Waals surface area contributed by atoms with Crippen LogP contribution >= 0.6 is 0 Å². The number of morpholine rings is 1. The largest absolute Gasteiger partial charge is 0.477 e. The number of carbonyl (C=O) groups is 1. The molecule has 1 aromatic carbocycles. The maximum absolute atomic E-state index is 13.3. The van der Waals surface area contributed by atoms with Crippen LogP contribution in [-0.4, -0.2) is 58.6 Å². The number of aryl methyl sites for hydroxylation is 2. The van der Waals surface area contributed by atoms with Gasteiger partial charge in [-0.25, -0.2) is 14.2 Å². The van der Waals surface area contributed by atoms with Crippen LogP contribution in [0.2, 0.25) is 0 Å². The van der Waals surface area contributed by atoms with E-state index in [-0.39, 0.29) is 29.3 Å². The molecule has 2 N–H and O–H groups in total. The van der Waals surface area contributed by atoms with Crippen LogP contribution in [0.3, 0.4) is 0 Å². The zero-order chi connectivity index (χ0) is 25.1. The average molecular weight is 484 g/mol. The van der Waals surface area contributed by atoms with Gasteiger partial charge in [0.15, 0.2) is 0 Å². The molecular weight excluding hydrogens is 453 g/mol. The summed E-state index contributed by atoms with van der Waals surface area (Å²) in [6.07, 6.45) is 2.43. The molecule has 0 saturated carbocycles. The molecule has 0 bridgehead atoms. The molecule has 0 amide bonds. The molecule has 186 valence electrons. The minimum Gasteiger partial charge on any atom is -0.477 e. The molecule has 35 heavy (non-hydrogen) atoms. The molecule has 0 aliphatic carbocycles. The molecule has 1 unspecified atom stereocenters. The van der Waals surface area contributed by atoms with Crippen molar-refractivity contribution in [3.63, 3.8) is 0 Å². The highest BCUT2D eigenvalue weighted by Gasteiger charge is 2.25. The number of fused-ring (bicyclic) bond motifs is 1. The first-order chi connectivity index (χ1) is 16.8. The minimum absolute atomic E-state index is 0.0286. The van der Waals surface area contributed by atoms with Crippen molar-refractivity contribution in [1.29, 1.82) is 0 Å². The standard InChI is InChI=1S/C26H30FN3O5/c1-16(2)22(15-31)30-14-21(26(33)34)23(32)20-13-18(6-3-17-4-7-19(27)8-5-17)24(28-25(20)30)29-9-11-35-12-10-29/h4-5,7-8,13-14,16,22,31H,3,6,9-12,15H2,1-2H3,(H,33,34). The van der Waals surface area contributed by atoms with Crippen molar-refractivity contribution in [2.45, 2.75) is 32.7 Å². The molecule has 0 spiro atoms. The number of anilines is 1. The molecule has 1 aliphatic rings. The van der Waals surface area contributed by atoms with Crippen molar-refractivity contribution < 1.29 is 24.1 Å². The summed E-state index contributed by atoms with van der Waals surface area (Å²) in [5.41, 5.74) is 1.13. The Bertz CT molecular complexity index is 1270. The Kier molecular flexibility index (Phi) is 7.47. The number of pyridine rings is 2. The summed E-state index contributed by atoms with van der Waals surface area (Å²) in [4.78, 5) is 32.1. The summed E-state index contributed by atoms with van der Waals surface area (Å²) in [5.74, 6) is -0.949. The summed E-state index contributed by atoms with van der Waals surface area (Å²) < 4.78 is 20.5. The van der Waals surface area contributed by atoms with Gasteiger partial charge in [0.05, 0.1) is 31.2 Å². The number of carboxylic acids is 1. The molecule has 2 aromatic heterocycles. The molecule has 4 rings (SSSR count). The van der Waals surface area contributed by atoms with E-state index >= 15 is 0 Å². The lowest BCUT2D eigenvalue weighted by molar-refractivity contribution is 0.0694. The van der Waals surface area contributed by atoms with E-state index in [1.807, 2.05) is 13.8 Å². The Balaban J connectivity index is 1.90. The molecule has 0 radical (unpaired) electrons. The third-order valence-corrected chi connectivity index (χ3v) is 6.51. The smallest absolute Gasteiger partial charge is 0.341 e. The van der Waals surface area contributed by atoms with E-state index in [0.29, 0.717) is 50.6 Å². The summed E-state index contributed by atoms with van der Waals surface area (Å²) in [7, 11) is 0. The highest BCUT2D eigenvalue weighted by Crippen LogP contribution is 2.28. The number of rotatable bonds is 8. The van der Waals surface area contributed by atoms with Gasteiger partial charge in [-0.2, -0.15) is 0 Å². The molecule has 3 aromatic rings.